The van der Waals surface area contributed by atoms with E-state index in [1.54, 1.807) is 12.4 Å². The lowest BCUT2D eigenvalue weighted by Gasteiger charge is -2.20. The molecule has 1 atom stereocenters. The van der Waals surface area contributed by atoms with Gasteiger partial charge in [-0.3, -0.25) is 9.78 Å². The van der Waals surface area contributed by atoms with Crippen molar-refractivity contribution in [1.29, 1.82) is 0 Å². The normalized spacial score (nSPS) is 12.6. The van der Waals surface area contributed by atoms with Crippen molar-refractivity contribution in [3.63, 3.8) is 0 Å². The van der Waals surface area contributed by atoms with Crippen LogP contribution in [0.1, 0.15) is 27.5 Å². The minimum absolute atomic E-state index is 0.00257. The SMILES string of the molecule is CN(C)S(=O)(=O)c1ccc(Cl)c(C(=O)NC(c2ccccc2)c2ccncc2)c1. The van der Waals surface area contributed by atoms with E-state index >= 15 is 0 Å². The van der Waals surface area contributed by atoms with Crippen LogP contribution < -0.4 is 5.32 Å². The number of pyridine rings is 1. The molecule has 1 heterocycles. The van der Waals surface area contributed by atoms with Gasteiger partial charge in [0.1, 0.15) is 0 Å². The fourth-order valence-corrected chi connectivity index (χ4v) is 3.95. The second-order valence-electron chi connectivity index (χ2n) is 6.53. The van der Waals surface area contributed by atoms with Crippen LogP contribution in [0.2, 0.25) is 5.02 Å². The zero-order valence-electron chi connectivity index (χ0n) is 15.9. The molecule has 1 unspecified atom stereocenters. The largest absolute Gasteiger partial charge is 0.341 e. The summed E-state index contributed by atoms with van der Waals surface area (Å²) in [7, 11) is -0.838. The molecule has 0 saturated heterocycles. The predicted octanol–water partition coefficient (Wildman–Crippen LogP) is 3.50. The van der Waals surface area contributed by atoms with E-state index in [0.717, 1.165) is 15.4 Å². The molecule has 8 heteroatoms. The van der Waals surface area contributed by atoms with Gasteiger partial charge >= 0.3 is 0 Å². The van der Waals surface area contributed by atoms with Gasteiger partial charge in [0.25, 0.3) is 5.91 Å². The predicted molar refractivity (Wildman–Crippen MR) is 112 cm³/mol. The minimum Gasteiger partial charge on any atom is -0.341 e. The van der Waals surface area contributed by atoms with Crippen LogP contribution in [0.15, 0.2) is 78.0 Å². The molecule has 3 aromatic rings. The zero-order chi connectivity index (χ0) is 21.0. The first-order chi connectivity index (χ1) is 13.8. The van der Waals surface area contributed by atoms with Gasteiger partial charge in [0.05, 0.1) is 21.5 Å². The fraction of sp³-hybridized carbons (Fsp3) is 0.143. The van der Waals surface area contributed by atoms with Crippen molar-refractivity contribution in [1.82, 2.24) is 14.6 Å². The molecule has 1 N–H and O–H groups in total. The number of rotatable bonds is 6. The van der Waals surface area contributed by atoms with E-state index in [2.05, 4.69) is 10.3 Å². The first kappa shape index (κ1) is 21.0. The standard InChI is InChI=1S/C21H20ClN3O3S/c1-25(2)29(27,28)17-8-9-19(22)18(14-17)21(26)24-20(15-6-4-3-5-7-15)16-10-12-23-13-11-16/h3-14,20H,1-2H3,(H,24,26). The van der Waals surface area contributed by atoms with Gasteiger partial charge in [-0.2, -0.15) is 0 Å². The van der Waals surface area contributed by atoms with E-state index in [1.807, 2.05) is 42.5 Å². The van der Waals surface area contributed by atoms with E-state index in [0.29, 0.717) is 0 Å². The number of nitrogens with zero attached hydrogens (tertiary/aromatic N) is 2. The van der Waals surface area contributed by atoms with Crippen LogP contribution >= 0.6 is 11.6 Å². The molecule has 0 radical (unpaired) electrons. The summed E-state index contributed by atoms with van der Waals surface area (Å²) < 4.78 is 25.9. The summed E-state index contributed by atoms with van der Waals surface area (Å²) in [4.78, 5) is 17.1. The Balaban J connectivity index is 1.99. The van der Waals surface area contributed by atoms with Crippen LogP contribution in [-0.4, -0.2) is 37.7 Å². The molecule has 150 valence electrons. The molecule has 6 nitrogen and oxygen atoms in total. The molecule has 1 amide bonds. The highest BCUT2D eigenvalue weighted by Crippen LogP contribution is 2.25. The third kappa shape index (κ3) is 4.64. The van der Waals surface area contributed by atoms with Crippen LogP contribution in [0.3, 0.4) is 0 Å². The number of carbonyl (C=O) groups excluding carboxylic acids is 1. The van der Waals surface area contributed by atoms with Gasteiger partial charge in [-0.05, 0) is 41.5 Å². The van der Waals surface area contributed by atoms with Crippen molar-refractivity contribution in [2.24, 2.45) is 0 Å². The Labute approximate surface area is 175 Å². The van der Waals surface area contributed by atoms with Gasteiger partial charge in [-0.25, -0.2) is 12.7 Å². The van der Waals surface area contributed by atoms with E-state index in [4.69, 9.17) is 11.6 Å². The molecule has 1 aromatic heterocycles. The summed E-state index contributed by atoms with van der Waals surface area (Å²) >= 11 is 6.22. The minimum atomic E-state index is -3.70. The Kier molecular flexibility index (Phi) is 6.32. The smallest absolute Gasteiger partial charge is 0.253 e. The maximum absolute atomic E-state index is 13.1. The number of amides is 1. The Morgan fingerprint density at radius 1 is 1.00 bits per heavy atom. The summed E-state index contributed by atoms with van der Waals surface area (Å²) in [5.41, 5.74) is 1.80. The average molecular weight is 430 g/mol. The second kappa shape index (κ2) is 8.73. The number of aromatic nitrogens is 1. The summed E-state index contributed by atoms with van der Waals surface area (Å²) in [5.74, 6) is -0.475. The number of carbonyl (C=O) groups is 1. The molecule has 29 heavy (non-hydrogen) atoms. The van der Waals surface area contributed by atoms with Crippen molar-refractivity contribution in [2.45, 2.75) is 10.9 Å². The summed E-state index contributed by atoms with van der Waals surface area (Å²) in [6.45, 7) is 0. The lowest BCUT2D eigenvalue weighted by Crippen LogP contribution is -2.30. The van der Waals surface area contributed by atoms with Crippen LogP contribution in [0.25, 0.3) is 0 Å². The van der Waals surface area contributed by atoms with Crippen LogP contribution in [0.4, 0.5) is 0 Å². The lowest BCUT2D eigenvalue weighted by molar-refractivity contribution is 0.0943. The highest BCUT2D eigenvalue weighted by molar-refractivity contribution is 7.89. The number of hydrogen-bond acceptors (Lipinski definition) is 4. The molecule has 0 spiro atoms. The monoisotopic (exact) mass is 429 g/mol. The van der Waals surface area contributed by atoms with Crippen molar-refractivity contribution < 1.29 is 13.2 Å². The highest BCUT2D eigenvalue weighted by atomic mass is 35.5. The fourth-order valence-electron chi connectivity index (χ4n) is 2.82. The number of benzene rings is 2. The molecular weight excluding hydrogens is 410 g/mol. The maximum Gasteiger partial charge on any atom is 0.253 e. The third-order valence-corrected chi connectivity index (χ3v) is 6.55. The van der Waals surface area contributed by atoms with Crippen molar-refractivity contribution in [3.05, 3.63) is 94.8 Å². The zero-order valence-corrected chi connectivity index (χ0v) is 17.5. The van der Waals surface area contributed by atoms with E-state index in [9.17, 15) is 13.2 Å². The van der Waals surface area contributed by atoms with Crippen LogP contribution in [-0.2, 0) is 10.0 Å². The molecule has 0 aliphatic carbocycles. The molecule has 3 rings (SSSR count). The van der Waals surface area contributed by atoms with Gasteiger partial charge < -0.3 is 5.32 Å². The molecule has 0 aliphatic heterocycles. The third-order valence-electron chi connectivity index (χ3n) is 4.41. The highest BCUT2D eigenvalue weighted by Gasteiger charge is 2.23. The van der Waals surface area contributed by atoms with Gasteiger partial charge in [0.15, 0.2) is 0 Å². The van der Waals surface area contributed by atoms with E-state index < -0.39 is 22.0 Å². The van der Waals surface area contributed by atoms with Crippen LogP contribution in [0, 0.1) is 0 Å². The Hall–Kier alpha value is -2.74. The molecule has 0 bridgehead atoms. The Morgan fingerprint density at radius 2 is 1.62 bits per heavy atom. The quantitative estimate of drug-likeness (QED) is 0.650. The first-order valence-corrected chi connectivity index (χ1v) is 10.6. The second-order valence-corrected chi connectivity index (χ2v) is 9.09. The van der Waals surface area contributed by atoms with Crippen molar-refractivity contribution in [3.8, 4) is 0 Å². The van der Waals surface area contributed by atoms with Gasteiger partial charge in [-0.15, -0.1) is 0 Å². The average Bonchev–Trinajstić information content (AvgIpc) is 2.73. The van der Waals surface area contributed by atoms with Crippen LogP contribution in [0.5, 0.6) is 0 Å². The molecule has 0 aliphatic rings. The summed E-state index contributed by atoms with van der Waals surface area (Å²) in [6, 6.07) is 16.7. The topological polar surface area (TPSA) is 79.4 Å². The van der Waals surface area contributed by atoms with Gasteiger partial charge in [-0.1, -0.05) is 41.9 Å². The molecule has 2 aromatic carbocycles. The Bertz CT molecular complexity index is 1070. The number of halogens is 1. The molecular formula is C21H20ClN3O3S. The maximum atomic E-state index is 13.1. The van der Waals surface area contributed by atoms with Gasteiger partial charge in [0.2, 0.25) is 10.0 Å². The number of nitrogens with one attached hydrogen (secondary N) is 1. The summed E-state index contributed by atoms with van der Waals surface area (Å²) in [6.07, 6.45) is 3.30. The number of hydrogen-bond donors (Lipinski definition) is 1. The lowest BCUT2D eigenvalue weighted by atomic mass is 9.99. The summed E-state index contributed by atoms with van der Waals surface area (Å²) in [5, 5.41) is 3.12. The van der Waals surface area contributed by atoms with Crippen molar-refractivity contribution in [2.75, 3.05) is 14.1 Å². The van der Waals surface area contributed by atoms with Gasteiger partial charge in [0, 0.05) is 26.5 Å². The number of sulfonamides is 1. The molecule has 0 saturated carbocycles. The van der Waals surface area contributed by atoms with E-state index in [-0.39, 0.29) is 15.5 Å². The Morgan fingerprint density at radius 3 is 2.24 bits per heavy atom. The van der Waals surface area contributed by atoms with E-state index in [1.165, 1.54) is 32.3 Å². The molecule has 0 fully saturated rings. The first-order valence-electron chi connectivity index (χ1n) is 8.78. The van der Waals surface area contributed by atoms with Crippen molar-refractivity contribution >= 4 is 27.5 Å².